The van der Waals surface area contributed by atoms with Crippen LogP contribution in [-0.4, -0.2) is 27.8 Å². The maximum Gasteiger partial charge on any atom is 0.305 e. The van der Waals surface area contributed by atoms with E-state index in [1.807, 2.05) is 61.5 Å². The molecule has 2 N–H and O–H groups in total. The molecule has 6 heteroatoms. The Morgan fingerprint density at radius 3 is 2.48 bits per heavy atom. The summed E-state index contributed by atoms with van der Waals surface area (Å²) in [5.74, 6) is -1.45. The van der Waals surface area contributed by atoms with Crippen LogP contribution in [0.2, 0.25) is 0 Å². The Morgan fingerprint density at radius 2 is 1.79 bits per heavy atom. The Kier molecular flexibility index (Phi) is 6.12. The Hall–Kier alpha value is -3.41. The lowest BCUT2D eigenvalue weighted by Gasteiger charge is -2.32. The van der Waals surface area contributed by atoms with E-state index in [0.717, 1.165) is 22.3 Å². The first-order chi connectivity index (χ1) is 13.9. The molecule has 0 saturated heterocycles. The summed E-state index contributed by atoms with van der Waals surface area (Å²) < 4.78 is 0. The highest BCUT2D eigenvalue weighted by Gasteiger charge is 2.29. The lowest BCUT2D eigenvalue weighted by molar-refractivity contribution is -0.137. The molecule has 150 valence electrons. The molecule has 6 nitrogen and oxygen atoms in total. The van der Waals surface area contributed by atoms with Crippen molar-refractivity contribution in [1.29, 1.82) is 0 Å². The van der Waals surface area contributed by atoms with Gasteiger partial charge in [-0.25, -0.2) is 0 Å². The standard InChI is InChI=1S/C23H24N2O4/c1-15-7-3-5-9-18(15)20(13-23(28)29)24-22(27)14-21-19-10-6-4-8-17(19)11-12-25(21)16(2)26/h3-12,20-21H,13-14H2,1-2H3,(H,24,27)(H,28,29). The molecule has 0 fully saturated rings. The van der Waals surface area contributed by atoms with Gasteiger partial charge in [0, 0.05) is 13.1 Å². The van der Waals surface area contributed by atoms with Gasteiger partial charge in [0.1, 0.15) is 0 Å². The molecule has 2 amide bonds. The fourth-order valence-electron chi connectivity index (χ4n) is 3.73. The number of hydrogen-bond donors (Lipinski definition) is 2. The number of fused-ring (bicyclic) bond motifs is 1. The zero-order chi connectivity index (χ0) is 21.0. The fourth-order valence-corrected chi connectivity index (χ4v) is 3.73. The molecule has 0 saturated carbocycles. The third-order valence-corrected chi connectivity index (χ3v) is 5.13. The van der Waals surface area contributed by atoms with Gasteiger partial charge in [0.15, 0.2) is 0 Å². The van der Waals surface area contributed by atoms with Crippen molar-refractivity contribution in [2.24, 2.45) is 0 Å². The summed E-state index contributed by atoms with van der Waals surface area (Å²) in [7, 11) is 0. The van der Waals surface area contributed by atoms with E-state index in [1.54, 1.807) is 11.1 Å². The van der Waals surface area contributed by atoms with Crippen LogP contribution >= 0.6 is 0 Å². The van der Waals surface area contributed by atoms with E-state index in [0.29, 0.717) is 0 Å². The lowest BCUT2D eigenvalue weighted by atomic mass is 9.93. The molecule has 3 rings (SSSR count). The normalized spacial score (nSPS) is 16.1. The minimum atomic E-state index is -0.991. The number of nitrogens with one attached hydrogen (secondary N) is 1. The van der Waals surface area contributed by atoms with E-state index in [1.165, 1.54) is 6.92 Å². The summed E-state index contributed by atoms with van der Waals surface area (Å²) in [6.45, 7) is 3.35. The number of hydrogen-bond acceptors (Lipinski definition) is 3. The SMILES string of the molecule is CC(=O)N1C=Cc2ccccc2C1CC(=O)NC(CC(=O)O)c1ccccc1C. The lowest BCUT2D eigenvalue weighted by Crippen LogP contribution is -2.37. The van der Waals surface area contributed by atoms with E-state index < -0.39 is 18.1 Å². The molecule has 2 unspecified atom stereocenters. The molecule has 2 aromatic rings. The summed E-state index contributed by atoms with van der Waals surface area (Å²) in [6.07, 6.45) is 3.38. The number of rotatable bonds is 6. The van der Waals surface area contributed by atoms with Gasteiger partial charge < -0.3 is 15.3 Å². The van der Waals surface area contributed by atoms with Gasteiger partial charge in [0.25, 0.3) is 0 Å². The first-order valence-electron chi connectivity index (χ1n) is 9.49. The van der Waals surface area contributed by atoms with Gasteiger partial charge in [-0.3, -0.25) is 14.4 Å². The van der Waals surface area contributed by atoms with Crippen molar-refractivity contribution in [3.63, 3.8) is 0 Å². The van der Waals surface area contributed by atoms with Gasteiger partial charge in [0.2, 0.25) is 11.8 Å². The fraction of sp³-hybridized carbons (Fsp3) is 0.261. The van der Waals surface area contributed by atoms with Gasteiger partial charge >= 0.3 is 5.97 Å². The van der Waals surface area contributed by atoms with Gasteiger partial charge in [-0.2, -0.15) is 0 Å². The van der Waals surface area contributed by atoms with Crippen LogP contribution in [0.4, 0.5) is 0 Å². The smallest absolute Gasteiger partial charge is 0.305 e. The zero-order valence-electron chi connectivity index (χ0n) is 16.5. The average molecular weight is 392 g/mol. The number of benzene rings is 2. The van der Waals surface area contributed by atoms with Gasteiger partial charge in [-0.05, 0) is 35.3 Å². The molecule has 2 atom stereocenters. The number of carbonyl (C=O) groups is 3. The van der Waals surface area contributed by atoms with Crippen LogP contribution in [-0.2, 0) is 14.4 Å². The number of aliphatic carboxylic acids is 1. The van der Waals surface area contributed by atoms with Crippen LogP contribution in [0.1, 0.15) is 54.1 Å². The summed E-state index contributed by atoms with van der Waals surface area (Å²) in [4.78, 5) is 37.9. The molecule has 0 radical (unpaired) electrons. The molecule has 1 aliphatic heterocycles. The summed E-state index contributed by atoms with van der Waals surface area (Å²) >= 11 is 0. The molecule has 1 heterocycles. The zero-order valence-corrected chi connectivity index (χ0v) is 16.5. The number of nitrogens with zero attached hydrogens (tertiary/aromatic N) is 1. The van der Waals surface area contributed by atoms with Crippen LogP contribution in [0.5, 0.6) is 0 Å². The molecule has 29 heavy (non-hydrogen) atoms. The molecular weight excluding hydrogens is 368 g/mol. The Labute approximate surface area is 169 Å². The second-order valence-electron chi connectivity index (χ2n) is 7.17. The minimum absolute atomic E-state index is 0.0446. The van der Waals surface area contributed by atoms with Crippen LogP contribution < -0.4 is 5.32 Å². The van der Waals surface area contributed by atoms with Gasteiger partial charge in [-0.15, -0.1) is 0 Å². The van der Waals surface area contributed by atoms with E-state index >= 15 is 0 Å². The third-order valence-electron chi connectivity index (χ3n) is 5.13. The van der Waals surface area contributed by atoms with Crippen molar-refractivity contribution in [3.05, 3.63) is 77.0 Å². The number of carboxylic acids is 1. The molecule has 0 spiro atoms. The largest absolute Gasteiger partial charge is 0.481 e. The maximum absolute atomic E-state index is 12.9. The second-order valence-corrected chi connectivity index (χ2v) is 7.17. The number of carboxylic acid groups (broad SMARTS) is 1. The first kappa shape index (κ1) is 20.3. The van der Waals surface area contributed by atoms with Crippen molar-refractivity contribution in [2.45, 2.75) is 38.8 Å². The van der Waals surface area contributed by atoms with Crippen LogP contribution in [0.15, 0.2) is 54.7 Å². The third kappa shape index (κ3) is 4.71. The highest BCUT2D eigenvalue weighted by Crippen LogP contribution is 2.33. The van der Waals surface area contributed by atoms with E-state index in [2.05, 4.69) is 5.32 Å². The molecule has 2 aromatic carbocycles. The summed E-state index contributed by atoms with van der Waals surface area (Å²) in [5, 5.41) is 12.2. The predicted octanol–water partition coefficient (Wildman–Crippen LogP) is 3.59. The monoisotopic (exact) mass is 392 g/mol. The second kappa shape index (κ2) is 8.73. The van der Waals surface area contributed by atoms with Crippen molar-refractivity contribution >= 4 is 23.9 Å². The van der Waals surface area contributed by atoms with E-state index in [-0.39, 0.29) is 24.7 Å². The number of carbonyl (C=O) groups excluding carboxylic acids is 2. The first-order valence-corrected chi connectivity index (χ1v) is 9.49. The van der Waals surface area contributed by atoms with Crippen molar-refractivity contribution < 1.29 is 19.5 Å². The minimum Gasteiger partial charge on any atom is -0.481 e. The van der Waals surface area contributed by atoms with Crippen molar-refractivity contribution in [1.82, 2.24) is 10.2 Å². The predicted molar refractivity (Wildman–Crippen MR) is 110 cm³/mol. The van der Waals surface area contributed by atoms with Crippen LogP contribution in [0.25, 0.3) is 6.08 Å². The molecule has 0 aliphatic carbocycles. The highest BCUT2D eigenvalue weighted by molar-refractivity contribution is 5.82. The quantitative estimate of drug-likeness (QED) is 0.787. The van der Waals surface area contributed by atoms with Crippen molar-refractivity contribution in [3.8, 4) is 0 Å². The van der Waals surface area contributed by atoms with Crippen molar-refractivity contribution in [2.75, 3.05) is 0 Å². The van der Waals surface area contributed by atoms with Crippen LogP contribution in [0.3, 0.4) is 0 Å². The maximum atomic E-state index is 12.9. The van der Waals surface area contributed by atoms with Gasteiger partial charge in [0.05, 0.1) is 24.9 Å². The topological polar surface area (TPSA) is 86.7 Å². The Bertz CT molecular complexity index is 967. The summed E-state index contributed by atoms with van der Waals surface area (Å²) in [5.41, 5.74) is 3.54. The Morgan fingerprint density at radius 1 is 1.10 bits per heavy atom. The Balaban J connectivity index is 1.83. The molecule has 0 aromatic heterocycles. The summed E-state index contributed by atoms with van der Waals surface area (Å²) in [6, 6.07) is 14.0. The number of aryl methyl sites for hydroxylation is 1. The van der Waals surface area contributed by atoms with E-state index in [4.69, 9.17) is 0 Å². The molecule has 0 bridgehead atoms. The van der Waals surface area contributed by atoms with Crippen LogP contribution in [0, 0.1) is 6.92 Å². The van der Waals surface area contributed by atoms with E-state index in [9.17, 15) is 19.5 Å². The molecular formula is C23H24N2O4. The number of amides is 2. The average Bonchev–Trinajstić information content (AvgIpc) is 2.67. The highest BCUT2D eigenvalue weighted by atomic mass is 16.4. The van der Waals surface area contributed by atoms with Gasteiger partial charge in [-0.1, -0.05) is 48.5 Å². The molecule has 1 aliphatic rings.